The maximum absolute atomic E-state index is 16.1. The minimum absolute atomic E-state index is 0.00340. The van der Waals surface area contributed by atoms with E-state index in [1.54, 1.807) is 36.4 Å². The Bertz CT molecular complexity index is 4380. The Labute approximate surface area is 795 Å². The van der Waals surface area contributed by atoms with Gasteiger partial charge in [0.15, 0.2) is 0 Å². The molecule has 2 aromatic rings. The van der Waals surface area contributed by atoms with E-state index in [0.29, 0.717) is 80.2 Å². The Balaban J connectivity index is 0.814. The summed E-state index contributed by atoms with van der Waals surface area (Å²) >= 11 is 0. The second kappa shape index (κ2) is 46.5. The number of benzene rings is 2. The summed E-state index contributed by atoms with van der Waals surface area (Å²) in [4.78, 5) is 222. The van der Waals surface area contributed by atoms with Crippen LogP contribution in [-0.2, 0) is 80.0 Å². The fourth-order valence-electron chi connectivity index (χ4n) is 27.8. The molecule has 14 atom stereocenters. The number of fused-ring (bicyclic) bond motifs is 2. The fourth-order valence-corrected chi connectivity index (χ4v) is 27.8. The van der Waals surface area contributed by atoms with Gasteiger partial charge in [-0.05, 0) is 346 Å². The zero-order chi connectivity index (χ0) is 95.8. The molecule has 15 aliphatic rings. The second-order valence-electron chi connectivity index (χ2n) is 43.7. The molecular formula is C101H156N20O14. The van der Waals surface area contributed by atoms with Crippen molar-refractivity contribution < 1.29 is 67.1 Å². The van der Waals surface area contributed by atoms with Crippen LogP contribution in [0.1, 0.15) is 256 Å². The number of nitrogens with two attached hydrogens (primary N) is 6. The first-order valence-electron chi connectivity index (χ1n) is 51.5. The van der Waals surface area contributed by atoms with Gasteiger partial charge >= 0.3 is 0 Å². The van der Waals surface area contributed by atoms with Gasteiger partial charge in [0.1, 0.15) is 84.6 Å². The summed E-state index contributed by atoms with van der Waals surface area (Å²) in [6, 6.07) is 0.236. The van der Waals surface area contributed by atoms with Gasteiger partial charge in [0.2, 0.25) is 82.7 Å². The second-order valence-corrected chi connectivity index (χ2v) is 43.7. The van der Waals surface area contributed by atoms with Crippen molar-refractivity contribution in [2.75, 3.05) is 52.4 Å². The summed E-state index contributed by atoms with van der Waals surface area (Å²) in [7, 11) is 0. The van der Waals surface area contributed by atoms with Crippen molar-refractivity contribution in [3.05, 3.63) is 71.8 Å². The zero-order valence-electron chi connectivity index (χ0n) is 79.7. The van der Waals surface area contributed by atoms with Crippen LogP contribution in [0.3, 0.4) is 0 Å². The van der Waals surface area contributed by atoms with E-state index in [1.807, 2.05) is 38.1 Å². The first kappa shape index (κ1) is 102. The molecule has 0 aromatic heterocycles. The zero-order valence-corrected chi connectivity index (χ0v) is 79.7. The van der Waals surface area contributed by atoms with E-state index in [9.17, 15) is 0 Å². The Morgan fingerprint density at radius 3 is 0.837 bits per heavy atom. The maximum atomic E-state index is 16.1. The number of nitrogens with one attached hydrogen (secondary N) is 12. The Hall–Kier alpha value is -9.22. The maximum Gasteiger partial charge on any atom is 0.246 e. The monoisotopic (exact) mass is 1870 g/mol. The smallest absolute Gasteiger partial charge is 0.246 e. The number of rotatable bonds is 28. The van der Waals surface area contributed by atoms with Crippen LogP contribution in [0.25, 0.3) is 0 Å². The molecule has 17 rings (SSSR count). The largest absolute Gasteiger partial charge is 0.343 e. The minimum atomic E-state index is -1.33. The van der Waals surface area contributed by atoms with Crippen LogP contribution in [0.15, 0.2) is 60.7 Å². The summed E-state index contributed by atoms with van der Waals surface area (Å²) in [5.41, 5.74) is 36.8. The molecule has 34 nitrogen and oxygen atoms in total. The topological polar surface area (TPSA) is 546 Å². The molecule has 34 heteroatoms. The van der Waals surface area contributed by atoms with Crippen molar-refractivity contribution in [1.29, 1.82) is 0 Å². The van der Waals surface area contributed by atoms with Crippen LogP contribution < -0.4 is 98.2 Å². The fraction of sp³-hybridized carbons (Fsp3) is 0.743. The molecule has 2 aromatic carbocycles. The molecule has 0 unspecified atom stereocenters. The van der Waals surface area contributed by atoms with Crippen molar-refractivity contribution in [2.45, 2.75) is 342 Å². The molecular weight excluding hydrogens is 1720 g/mol. The normalized spacial score (nSPS) is 36.0. The van der Waals surface area contributed by atoms with Gasteiger partial charge in [-0.25, -0.2) is 0 Å². The van der Waals surface area contributed by atoms with Gasteiger partial charge in [0.25, 0.3) is 0 Å². The van der Waals surface area contributed by atoms with E-state index in [-0.39, 0.29) is 215 Å². The van der Waals surface area contributed by atoms with Gasteiger partial charge in [0.05, 0.1) is 0 Å². The van der Waals surface area contributed by atoms with Gasteiger partial charge in [-0.3, -0.25) is 67.1 Å². The first-order chi connectivity index (χ1) is 65.0. The van der Waals surface area contributed by atoms with Gasteiger partial charge < -0.3 is 108 Å². The van der Waals surface area contributed by atoms with E-state index >= 15 is 67.1 Å². The van der Waals surface area contributed by atoms with E-state index in [4.69, 9.17) is 34.4 Å². The molecule has 3 heterocycles. The van der Waals surface area contributed by atoms with Crippen molar-refractivity contribution in [3.63, 3.8) is 0 Å². The predicted octanol–water partition coefficient (Wildman–Crippen LogP) is 2.80. The van der Waals surface area contributed by atoms with Crippen molar-refractivity contribution in [2.24, 2.45) is 110 Å². The van der Waals surface area contributed by atoms with Crippen LogP contribution in [-0.4, -0.2) is 229 Å². The third kappa shape index (κ3) is 25.3. The van der Waals surface area contributed by atoms with E-state index in [0.717, 1.165) is 77.0 Å². The number of nitrogens with zero attached hydrogens (tertiary/aromatic N) is 2. The highest BCUT2D eigenvalue weighted by atomic mass is 16.2. The summed E-state index contributed by atoms with van der Waals surface area (Å²) in [5.74, 6) is -6.74. The molecule has 3 saturated heterocycles. The average Bonchev–Trinajstić information content (AvgIpc) is 0.859. The summed E-state index contributed by atoms with van der Waals surface area (Å²) < 4.78 is 0. The number of carbonyl (C=O) groups excluding carboxylic acids is 14. The summed E-state index contributed by atoms with van der Waals surface area (Å²) in [5, 5.41) is 36.7. The van der Waals surface area contributed by atoms with Crippen LogP contribution >= 0.6 is 0 Å². The molecule has 12 saturated carbocycles. The number of amides is 14. The van der Waals surface area contributed by atoms with Gasteiger partial charge in [-0.15, -0.1) is 0 Å². The molecule has 14 amide bonds. The van der Waals surface area contributed by atoms with E-state index < -0.39 is 178 Å². The predicted molar refractivity (Wildman–Crippen MR) is 509 cm³/mol. The van der Waals surface area contributed by atoms with Gasteiger partial charge in [0, 0.05) is 36.8 Å². The minimum Gasteiger partial charge on any atom is -0.343 e. The lowest BCUT2D eigenvalue weighted by molar-refractivity contribution is -0.145. The van der Waals surface area contributed by atoms with Crippen molar-refractivity contribution in [1.82, 2.24) is 73.6 Å². The average molecular weight is 1870 g/mol. The van der Waals surface area contributed by atoms with Gasteiger partial charge in [-0.2, -0.15) is 0 Å². The third-order valence-electron chi connectivity index (χ3n) is 32.7. The molecule has 135 heavy (non-hydrogen) atoms. The summed E-state index contributed by atoms with van der Waals surface area (Å²) in [6.45, 7) is 4.64. The van der Waals surface area contributed by atoms with Crippen LogP contribution in [0.2, 0.25) is 0 Å². The molecule has 0 radical (unpaired) electrons. The number of carbonyl (C=O) groups is 14. The van der Waals surface area contributed by atoms with Crippen molar-refractivity contribution in [3.8, 4) is 0 Å². The number of hydrogen-bond donors (Lipinski definition) is 18. The summed E-state index contributed by atoms with van der Waals surface area (Å²) in [6.07, 6.45) is 18.3. The molecule has 744 valence electrons. The lowest BCUT2D eigenvalue weighted by atomic mass is 9.47. The molecule has 24 N–H and O–H groups in total. The molecule has 12 bridgehead atoms. The molecule has 0 spiro atoms. The molecule has 12 aliphatic carbocycles. The Morgan fingerprint density at radius 2 is 0.541 bits per heavy atom. The number of hydrogen-bond acceptors (Lipinski definition) is 20. The SMILES string of the molecule is CC(C)C[C@@H]1NC(=O)[C@H](CCCN)NC(=O)[C@H](C23CC4CC(CC(C4)C2)C3)NC(=O)[C@H](CCCN)NC(=O)[C@@H]2CCCN2C(=O)[C@@H](Cc2ccccc2)NC(=O)[C@H](CCCN)NC(=O)[C@H](CC23CC4CC(CC(C4)C2)C3)NC(=O)[C@H](CCCN)NC(=O)[C@H](C23CC4CC(CC(C4)C2)C3)NC(=O)[C@H](CCCN)NC(=O)[C@@H]2CCCN2C(=O)[C@@H](Cc2ccccc2)NC(=O)[C@H](CCCN)NC1=O. The van der Waals surface area contributed by atoms with Crippen molar-refractivity contribution >= 4 is 82.7 Å². The highest BCUT2D eigenvalue weighted by Crippen LogP contribution is 2.64. The lowest BCUT2D eigenvalue weighted by Gasteiger charge is -2.59. The third-order valence-corrected chi connectivity index (χ3v) is 32.7. The van der Waals surface area contributed by atoms with E-state index in [2.05, 4.69) is 63.8 Å². The quantitative estimate of drug-likeness (QED) is 0.0582. The lowest BCUT2D eigenvalue weighted by Crippen LogP contribution is -2.66. The first-order valence-corrected chi connectivity index (χ1v) is 51.5. The highest BCUT2D eigenvalue weighted by molar-refractivity contribution is 6.02. The van der Waals surface area contributed by atoms with Gasteiger partial charge in [-0.1, -0.05) is 74.5 Å². The van der Waals surface area contributed by atoms with E-state index in [1.165, 1.54) is 9.80 Å². The Morgan fingerprint density at radius 1 is 0.296 bits per heavy atom. The standard InChI is InChI=1S/C101H156N20O14/c1-59(2)37-77-91(128)108-71(21-9-29-102)86(123)115-78(47-60-17-5-3-6-18-60)97(134)120-35-15-27-81(120)93(130)111-76(26-14-34-107)90(127)119-84(101-55-68-44-69(56-101)46-70(45-68)57-101)96(133)113-74(24-12-32-105)88(125)117-80(58-99-49-62-38-63(50-99)40-64(39-62)51-99)92(129)109-72(22-10-30-103)87(124)116-79(48-61-19-7-4-8-20-61)98(135)121-36-16-28-82(121)94(131)110-75(25-13-33-106)89(126)118-83(95(132)112-73(23-11-31-104)85(122)114-77)100-52-65-41-66(53-100)43-67(42-65)54-100/h3-8,17-20,59,62-84H,9-16,21-58,102-107H2,1-2H3,(H,108,128)(H,109,129)(H,110,131)(H,111,130)(H,112,132)(H,113,133)(H,114,122)(H,115,123)(H,116,124)(H,117,125)(H,118,126)(H,119,127)/t62?,63?,64?,65?,66?,67?,68?,69?,70?,71-,72-,73-,74-,75-,76-,77-,78+,79+,80-,81-,82-,83+,84+,99?,100?,101?/m0/s1. The Kier molecular flexibility index (Phi) is 35.0. The molecule has 3 aliphatic heterocycles. The molecule has 15 fully saturated rings. The highest BCUT2D eigenvalue weighted by Gasteiger charge is 2.60. The van der Waals surface area contributed by atoms with Crippen LogP contribution in [0.4, 0.5) is 0 Å². The van der Waals surface area contributed by atoms with Crippen LogP contribution in [0.5, 0.6) is 0 Å². The van der Waals surface area contributed by atoms with Crippen LogP contribution in [0, 0.1) is 75.4 Å².